The number of carboxylic acid groups (broad SMARTS) is 1. The van der Waals surface area contributed by atoms with Crippen molar-refractivity contribution in [3.8, 4) is 11.5 Å². The number of aromatic carboxylic acids is 1. The van der Waals surface area contributed by atoms with Gasteiger partial charge in [-0.2, -0.15) is 0 Å². The first-order valence-electron chi connectivity index (χ1n) is 7.82. The number of benzene rings is 1. The van der Waals surface area contributed by atoms with E-state index in [0.29, 0.717) is 34.9 Å². The number of carbonyl (C=O) groups is 2. The van der Waals surface area contributed by atoms with Gasteiger partial charge in [0.2, 0.25) is 0 Å². The van der Waals surface area contributed by atoms with Crippen LogP contribution in [0, 0.1) is 13.8 Å². The van der Waals surface area contributed by atoms with E-state index in [9.17, 15) is 14.7 Å². The van der Waals surface area contributed by atoms with E-state index < -0.39 is 5.97 Å². The highest BCUT2D eigenvalue weighted by molar-refractivity contribution is 6.10. The predicted molar refractivity (Wildman–Crippen MR) is 92.1 cm³/mol. The minimum Gasteiger partial charge on any atom is -0.543 e. The summed E-state index contributed by atoms with van der Waals surface area (Å²) in [6.45, 7) is 5.60. The largest absolute Gasteiger partial charge is 0.543 e. The van der Waals surface area contributed by atoms with E-state index in [1.54, 1.807) is 45.2 Å². The van der Waals surface area contributed by atoms with Crippen molar-refractivity contribution in [3.05, 3.63) is 52.4 Å². The zero-order valence-corrected chi connectivity index (χ0v) is 14.6. The van der Waals surface area contributed by atoms with Gasteiger partial charge in [0.25, 0.3) is 0 Å². The van der Waals surface area contributed by atoms with Gasteiger partial charge in [-0.1, -0.05) is 12.1 Å². The van der Waals surface area contributed by atoms with Crippen molar-refractivity contribution >= 4 is 17.8 Å². The summed E-state index contributed by atoms with van der Waals surface area (Å²) < 4.78 is 10.7. The highest BCUT2D eigenvalue weighted by atomic mass is 16.5. The molecular weight excluding hydrogens is 322 g/mol. The maximum atomic E-state index is 12.5. The molecule has 0 aliphatic rings. The summed E-state index contributed by atoms with van der Waals surface area (Å²) in [6, 6.07) is 5.33. The van der Waals surface area contributed by atoms with E-state index in [2.05, 4.69) is 4.98 Å². The quantitative estimate of drug-likeness (QED) is 0.616. The molecule has 0 saturated heterocycles. The van der Waals surface area contributed by atoms with Crippen LogP contribution in [0.5, 0.6) is 11.5 Å². The number of carbonyl (C=O) groups excluding carboxylic acids is 2. The van der Waals surface area contributed by atoms with Crippen LogP contribution in [0.2, 0.25) is 0 Å². The van der Waals surface area contributed by atoms with E-state index in [1.807, 2.05) is 6.92 Å². The number of ketones is 1. The Kier molecular flexibility index (Phi) is 5.64. The molecule has 1 N–H and O–H groups in total. The zero-order chi connectivity index (χ0) is 18.6. The first-order valence-corrected chi connectivity index (χ1v) is 7.82. The molecule has 132 valence electrons. The number of hydrogen-bond donors (Lipinski definition) is 1. The maximum absolute atomic E-state index is 12.5. The summed E-state index contributed by atoms with van der Waals surface area (Å²) in [5.41, 5.74) is 1.91. The van der Waals surface area contributed by atoms with Crippen LogP contribution in [-0.2, 0) is 0 Å². The number of aryl methyl sites for hydroxylation is 1. The van der Waals surface area contributed by atoms with Crippen molar-refractivity contribution < 1.29 is 24.2 Å². The second-order valence-corrected chi connectivity index (χ2v) is 5.45. The number of carboxylic acids is 1. The van der Waals surface area contributed by atoms with Crippen LogP contribution in [0.3, 0.4) is 0 Å². The van der Waals surface area contributed by atoms with Gasteiger partial charge in [-0.25, -0.2) is 0 Å². The Hall–Kier alpha value is -3.02. The fourth-order valence-corrected chi connectivity index (χ4v) is 2.64. The second kappa shape index (κ2) is 7.70. The molecule has 0 unspecified atom stereocenters. The van der Waals surface area contributed by atoms with Gasteiger partial charge in [0.1, 0.15) is 0 Å². The Labute approximate surface area is 146 Å². The molecule has 0 radical (unpaired) electrons. The smallest absolute Gasteiger partial charge is 0.187 e. The lowest BCUT2D eigenvalue weighted by Crippen LogP contribution is -2.23. The van der Waals surface area contributed by atoms with Gasteiger partial charge in [-0.3, -0.25) is 4.79 Å². The lowest BCUT2D eigenvalue weighted by atomic mass is 10.0. The molecule has 0 bridgehead atoms. The molecule has 2 aromatic rings. The lowest BCUT2D eigenvalue weighted by Gasteiger charge is -2.09. The van der Waals surface area contributed by atoms with Crippen LogP contribution >= 0.6 is 0 Å². The third-order valence-electron chi connectivity index (χ3n) is 3.80. The number of ether oxygens (including phenoxy) is 2. The van der Waals surface area contributed by atoms with Crippen LogP contribution in [-0.4, -0.2) is 30.5 Å². The maximum Gasteiger partial charge on any atom is 0.187 e. The highest BCUT2D eigenvalue weighted by Gasteiger charge is 2.16. The number of aromatic nitrogens is 1. The van der Waals surface area contributed by atoms with Gasteiger partial charge >= 0.3 is 0 Å². The normalized spacial score (nSPS) is 10.9. The molecule has 0 atom stereocenters. The number of allylic oxidation sites excluding steroid dienone is 1. The number of aromatic amines is 1. The Morgan fingerprint density at radius 3 is 2.52 bits per heavy atom. The van der Waals surface area contributed by atoms with Crippen molar-refractivity contribution in [3.63, 3.8) is 0 Å². The summed E-state index contributed by atoms with van der Waals surface area (Å²) in [4.78, 5) is 26.2. The van der Waals surface area contributed by atoms with Gasteiger partial charge < -0.3 is 24.4 Å². The first-order chi connectivity index (χ1) is 11.9. The molecule has 2 rings (SSSR count). The summed E-state index contributed by atoms with van der Waals surface area (Å²) >= 11 is 0. The molecule has 6 nitrogen and oxygen atoms in total. The summed E-state index contributed by atoms with van der Waals surface area (Å²) in [5.74, 6) is -0.415. The van der Waals surface area contributed by atoms with Crippen molar-refractivity contribution in [1.82, 2.24) is 4.98 Å². The number of H-pyrrole nitrogens is 1. The summed E-state index contributed by atoms with van der Waals surface area (Å²) in [7, 11) is 1.56. The Bertz CT molecular complexity index is 833. The minimum atomic E-state index is -1.33. The topological polar surface area (TPSA) is 91.5 Å². The van der Waals surface area contributed by atoms with Crippen molar-refractivity contribution in [2.24, 2.45) is 0 Å². The number of methoxy groups -OCH3 is 1. The van der Waals surface area contributed by atoms with E-state index in [1.165, 1.54) is 6.08 Å². The molecular formula is C19H20NO5-. The molecule has 0 fully saturated rings. The zero-order valence-electron chi connectivity index (χ0n) is 14.6. The first kappa shape index (κ1) is 18.3. The molecule has 1 aromatic carbocycles. The van der Waals surface area contributed by atoms with Crippen LogP contribution in [0.15, 0.2) is 24.3 Å². The van der Waals surface area contributed by atoms with Gasteiger partial charge in [0, 0.05) is 11.3 Å². The Morgan fingerprint density at radius 2 is 1.96 bits per heavy atom. The molecule has 0 saturated carbocycles. The standard InChI is InChI=1S/C19H21NO5/c1-5-25-16-10-13(7-9-15(16)24-4)6-8-14(21)17-11(2)18(19(22)23)20-12(17)3/h6-10,20H,5H2,1-4H3,(H,22,23)/p-1/b8-6+. The fraction of sp³-hybridized carbons (Fsp3) is 0.263. The molecule has 0 spiro atoms. The van der Waals surface area contributed by atoms with Crippen molar-refractivity contribution in [1.29, 1.82) is 0 Å². The molecule has 1 aromatic heterocycles. The van der Waals surface area contributed by atoms with Crippen LogP contribution in [0.25, 0.3) is 6.08 Å². The van der Waals surface area contributed by atoms with E-state index in [4.69, 9.17) is 9.47 Å². The van der Waals surface area contributed by atoms with Crippen molar-refractivity contribution in [2.75, 3.05) is 13.7 Å². The lowest BCUT2D eigenvalue weighted by molar-refractivity contribution is -0.255. The molecule has 0 aliphatic carbocycles. The number of nitrogens with one attached hydrogen (secondary N) is 1. The molecule has 6 heteroatoms. The third-order valence-corrected chi connectivity index (χ3v) is 3.80. The average molecular weight is 342 g/mol. The van der Waals surface area contributed by atoms with Gasteiger partial charge in [-0.05, 0) is 50.1 Å². The number of hydrogen-bond acceptors (Lipinski definition) is 5. The van der Waals surface area contributed by atoms with Gasteiger partial charge in [0.15, 0.2) is 17.3 Å². The van der Waals surface area contributed by atoms with Gasteiger partial charge in [0.05, 0.1) is 25.4 Å². The fourth-order valence-electron chi connectivity index (χ4n) is 2.64. The van der Waals surface area contributed by atoms with Crippen LogP contribution in [0.1, 0.15) is 44.6 Å². The van der Waals surface area contributed by atoms with E-state index in [0.717, 1.165) is 5.56 Å². The highest BCUT2D eigenvalue weighted by Crippen LogP contribution is 2.28. The third kappa shape index (κ3) is 3.91. The molecule has 25 heavy (non-hydrogen) atoms. The molecule has 1 heterocycles. The minimum absolute atomic E-state index is 0.0719. The predicted octanol–water partition coefficient (Wildman–Crippen LogP) is 2.30. The van der Waals surface area contributed by atoms with Crippen molar-refractivity contribution in [2.45, 2.75) is 20.8 Å². The average Bonchev–Trinajstić information content (AvgIpc) is 2.88. The van der Waals surface area contributed by atoms with E-state index in [-0.39, 0.29) is 11.5 Å². The molecule has 0 amide bonds. The molecule has 0 aliphatic heterocycles. The monoisotopic (exact) mass is 342 g/mol. The second-order valence-electron chi connectivity index (χ2n) is 5.45. The van der Waals surface area contributed by atoms with Crippen LogP contribution < -0.4 is 14.6 Å². The SMILES string of the molecule is CCOc1cc(/C=C/C(=O)c2c(C)[nH]c(C(=O)[O-])c2C)ccc1OC. The van der Waals surface area contributed by atoms with E-state index >= 15 is 0 Å². The summed E-state index contributed by atoms with van der Waals surface area (Å²) in [5, 5.41) is 11.1. The number of rotatable bonds is 7. The Morgan fingerprint density at radius 1 is 1.24 bits per heavy atom. The van der Waals surface area contributed by atoms with Crippen LogP contribution in [0.4, 0.5) is 0 Å². The van der Waals surface area contributed by atoms with Gasteiger partial charge in [-0.15, -0.1) is 0 Å². The summed E-state index contributed by atoms with van der Waals surface area (Å²) in [6.07, 6.45) is 3.05. The Balaban J connectivity index is 2.29.